The second-order valence-electron chi connectivity index (χ2n) is 6.11. The molecule has 3 heteroatoms. The molecule has 1 heterocycles. The molecule has 1 aromatic carbocycles. The van der Waals surface area contributed by atoms with E-state index in [9.17, 15) is 4.79 Å². The second kappa shape index (κ2) is 4.97. The number of benzene rings is 1. The van der Waals surface area contributed by atoms with Crippen LogP contribution in [0.3, 0.4) is 0 Å². The highest BCUT2D eigenvalue weighted by atomic mass is 16.1. The summed E-state index contributed by atoms with van der Waals surface area (Å²) < 4.78 is 0. The monoisotopic (exact) mass is 258 g/mol. The highest BCUT2D eigenvalue weighted by molar-refractivity contribution is 5.51. The summed E-state index contributed by atoms with van der Waals surface area (Å²) in [6, 6.07) is 11.3. The minimum absolute atomic E-state index is 0.144. The van der Waals surface area contributed by atoms with E-state index >= 15 is 0 Å². The average Bonchev–Trinajstić information content (AvgIpc) is 3.19. The molecule has 1 saturated carbocycles. The maximum atomic E-state index is 11.4. The zero-order chi connectivity index (χ0) is 13.3. The molecule has 1 aliphatic heterocycles. The van der Waals surface area contributed by atoms with Gasteiger partial charge in [-0.15, -0.1) is 0 Å². The van der Waals surface area contributed by atoms with Crippen LogP contribution in [0.25, 0.3) is 0 Å². The molecule has 0 aromatic heterocycles. The number of carbonyl (C=O) groups is 1. The fraction of sp³-hybridized carbons (Fsp3) is 0.562. The smallest absolute Gasteiger partial charge is 0.210 e. The predicted molar refractivity (Wildman–Crippen MR) is 75.7 cm³/mol. The lowest BCUT2D eigenvalue weighted by Crippen LogP contribution is -2.48. The molecule has 0 spiro atoms. The van der Waals surface area contributed by atoms with Gasteiger partial charge in [0.25, 0.3) is 0 Å². The van der Waals surface area contributed by atoms with Gasteiger partial charge in [-0.1, -0.05) is 30.3 Å². The van der Waals surface area contributed by atoms with E-state index in [1.807, 2.05) is 6.07 Å². The molecule has 19 heavy (non-hydrogen) atoms. The number of amides is 1. The van der Waals surface area contributed by atoms with Crippen LogP contribution in [-0.2, 0) is 4.79 Å². The Kier molecular flexibility index (Phi) is 3.31. The van der Waals surface area contributed by atoms with Gasteiger partial charge >= 0.3 is 0 Å². The van der Waals surface area contributed by atoms with Crippen LogP contribution in [0.2, 0.25) is 0 Å². The van der Waals surface area contributed by atoms with Crippen molar-refractivity contribution in [2.24, 2.45) is 0 Å². The van der Waals surface area contributed by atoms with Gasteiger partial charge in [-0.05, 0) is 44.7 Å². The summed E-state index contributed by atoms with van der Waals surface area (Å²) in [4.78, 5) is 13.5. The standard InChI is InChI=1S/C16H22N2O/c1-16(8-9-16)18(12-19)14-7-10-17-15(11-14)13-5-3-2-4-6-13/h2-6,12,14-15,17H,7-11H2,1H3. The van der Waals surface area contributed by atoms with Crippen molar-refractivity contribution < 1.29 is 4.79 Å². The average molecular weight is 258 g/mol. The van der Waals surface area contributed by atoms with Crippen LogP contribution < -0.4 is 5.32 Å². The Morgan fingerprint density at radius 3 is 2.68 bits per heavy atom. The molecule has 1 aliphatic carbocycles. The van der Waals surface area contributed by atoms with Gasteiger partial charge in [0.1, 0.15) is 0 Å². The number of piperidine rings is 1. The van der Waals surface area contributed by atoms with E-state index in [4.69, 9.17) is 0 Å². The van der Waals surface area contributed by atoms with Crippen LogP contribution in [0.4, 0.5) is 0 Å². The van der Waals surface area contributed by atoms with Crippen molar-refractivity contribution in [3.8, 4) is 0 Å². The first kappa shape index (κ1) is 12.7. The molecule has 2 fully saturated rings. The van der Waals surface area contributed by atoms with Crippen molar-refractivity contribution in [3.63, 3.8) is 0 Å². The third-order valence-corrected chi connectivity index (χ3v) is 4.68. The Labute approximate surface area is 115 Å². The molecule has 2 atom stereocenters. The fourth-order valence-electron chi connectivity index (χ4n) is 3.18. The second-order valence-corrected chi connectivity index (χ2v) is 6.11. The highest BCUT2D eigenvalue weighted by Crippen LogP contribution is 2.43. The van der Waals surface area contributed by atoms with E-state index in [-0.39, 0.29) is 5.54 Å². The van der Waals surface area contributed by atoms with E-state index in [1.54, 1.807) is 0 Å². The molecule has 2 unspecified atom stereocenters. The molecule has 1 N–H and O–H groups in total. The van der Waals surface area contributed by atoms with Crippen molar-refractivity contribution in [1.82, 2.24) is 10.2 Å². The van der Waals surface area contributed by atoms with E-state index < -0.39 is 0 Å². The van der Waals surface area contributed by atoms with Crippen LogP contribution in [0.5, 0.6) is 0 Å². The zero-order valence-electron chi connectivity index (χ0n) is 11.5. The first-order chi connectivity index (χ1) is 9.23. The quantitative estimate of drug-likeness (QED) is 0.842. The number of hydrogen-bond acceptors (Lipinski definition) is 2. The van der Waals surface area contributed by atoms with Crippen molar-refractivity contribution in [2.75, 3.05) is 6.54 Å². The van der Waals surface area contributed by atoms with E-state index in [0.717, 1.165) is 38.6 Å². The molecule has 0 radical (unpaired) electrons. The largest absolute Gasteiger partial charge is 0.337 e. The number of nitrogens with zero attached hydrogens (tertiary/aromatic N) is 1. The minimum Gasteiger partial charge on any atom is -0.337 e. The molecular weight excluding hydrogens is 236 g/mol. The molecule has 1 amide bonds. The molecule has 2 aliphatic rings. The lowest BCUT2D eigenvalue weighted by Gasteiger charge is -2.39. The normalized spacial score (nSPS) is 28.7. The third kappa shape index (κ3) is 2.52. The van der Waals surface area contributed by atoms with Crippen molar-refractivity contribution >= 4 is 6.41 Å². The van der Waals surface area contributed by atoms with Gasteiger partial charge in [-0.25, -0.2) is 0 Å². The van der Waals surface area contributed by atoms with Gasteiger partial charge in [0.05, 0.1) is 0 Å². The Morgan fingerprint density at radius 2 is 2.05 bits per heavy atom. The minimum atomic E-state index is 0.144. The lowest BCUT2D eigenvalue weighted by molar-refractivity contribution is -0.124. The summed E-state index contributed by atoms with van der Waals surface area (Å²) in [5.41, 5.74) is 1.48. The third-order valence-electron chi connectivity index (χ3n) is 4.68. The van der Waals surface area contributed by atoms with Gasteiger partial charge in [-0.2, -0.15) is 0 Å². The highest BCUT2D eigenvalue weighted by Gasteiger charge is 2.46. The summed E-state index contributed by atoms with van der Waals surface area (Å²) in [7, 11) is 0. The number of carbonyl (C=O) groups excluding carboxylic acids is 1. The Hall–Kier alpha value is -1.35. The summed E-state index contributed by atoms with van der Waals surface area (Å²) in [5.74, 6) is 0. The molecule has 1 saturated heterocycles. The summed E-state index contributed by atoms with van der Waals surface area (Å²) in [6.07, 6.45) is 5.48. The molecule has 3 rings (SSSR count). The van der Waals surface area contributed by atoms with Crippen LogP contribution >= 0.6 is 0 Å². The van der Waals surface area contributed by atoms with Crippen LogP contribution in [0, 0.1) is 0 Å². The van der Waals surface area contributed by atoms with E-state index in [2.05, 4.69) is 41.4 Å². The van der Waals surface area contributed by atoms with Gasteiger partial charge in [0, 0.05) is 17.6 Å². The van der Waals surface area contributed by atoms with Crippen LogP contribution in [0.1, 0.15) is 44.2 Å². The number of hydrogen-bond donors (Lipinski definition) is 1. The van der Waals surface area contributed by atoms with Gasteiger partial charge < -0.3 is 10.2 Å². The van der Waals surface area contributed by atoms with E-state index in [0.29, 0.717) is 12.1 Å². The number of rotatable bonds is 4. The lowest BCUT2D eigenvalue weighted by atomic mass is 9.92. The Bertz CT molecular complexity index is 441. The predicted octanol–water partition coefficient (Wildman–Crippen LogP) is 2.49. The SMILES string of the molecule is CC1(N(C=O)C2CCNC(c3ccccc3)C2)CC1. The Morgan fingerprint density at radius 1 is 1.32 bits per heavy atom. The van der Waals surface area contributed by atoms with Crippen molar-refractivity contribution in [1.29, 1.82) is 0 Å². The Balaban J connectivity index is 1.73. The molecule has 3 nitrogen and oxygen atoms in total. The van der Waals surface area contributed by atoms with Gasteiger partial charge in [0.15, 0.2) is 0 Å². The summed E-state index contributed by atoms with van der Waals surface area (Å²) >= 11 is 0. The van der Waals surface area contributed by atoms with E-state index in [1.165, 1.54) is 5.56 Å². The maximum absolute atomic E-state index is 11.4. The summed E-state index contributed by atoms with van der Waals surface area (Å²) in [6.45, 7) is 3.20. The molecular formula is C16H22N2O. The maximum Gasteiger partial charge on any atom is 0.210 e. The van der Waals surface area contributed by atoms with Crippen molar-refractivity contribution in [2.45, 2.75) is 50.2 Å². The molecule has 1 aromatic rings. The molecule has 0 bridgehead atoms. The number of nitrogens with one attached hydrogen (secondary N) is 1. The molecule has 102 valence electrons. The zero-order valence-corrected chi connectivity index (χ0v) is 11.5. The van der Waals surface area contributed by atoms with Crippen LogP contribution in [-0.4, -0.2) is 29.4 Å². The van der Waals surface area contributed by atoms with Gasteiger partial charge in [0.2, 0.25) is 6.41 Å². The van der Waals surface area contributed by atoms with Gasteiger partial charge in [-0.3, -0.25) is 4.79 Å². The van der Waals surface area contributed by atoms with Crippen molar-refractivity contribution in [3.05, 3.63) is 35.9 Å². The summed E-state index contributed by atoms with van der Waals surface area (Å²) in [5, 5.41) is 3.57. The first-order valence-corrected chi connectivity index (χ1v) is 7.25. The van der Waals surface area contributed by atoms with Crippen LogP contribution in [0.15, 0.2) is 30.3 Å². The first-order valence-electron chi connectivity index (χ1n) is 7.25. The topological polar surface area (TPSA) is 32.3 Å². The fourth-order valence-corrected chi connectivity index (χ4v) is 3.18.